The van der Waals surface area contributed by atoms with Crippen molar-refractivity contribution in [3.63, 3.8) is 0 Å². The molecule has 1 N–H and O–H groups in total. The number of carbonyl (C=O) groups is 2. The highest BCUT2D eigenvalue weighted by Gasteiger charge is 2.18. The molecule has 1 aliphatic rings. The molecule has 120 valence electrons. The molecule has 0 atom stereocenters. The smallest absolute Gasteiger partial charge is 0.337 e. The number of benzene rings is 1. The van der Waals surface area contributed by atoms with Crippen LogP contribution in [0, 0.1) is 11.3 Å². The molecular weight excluding hydrogens is 292 g/mol. The van der Waals surface area contributed by atoms with Crippen LogP contribution in [0.2, 0.25) is 0 Å². The molecule has 1 amide bonds. The maximum atomic E-state index is 12.2. The van der Waals surface area contributed by atoms with E-state index in [1.165, 1.54) is 19.6 Å². The van der Waals surface area contributed by atoms with Crippen molar-refractivity contribution in [3.05, 3.63) is 41.0 Å². The van der Waals surface area contributed by atoms with Crippen LogP contribution in [-0.2, 0) is 9.53 Å². The normalized spacial score (nSPS) is 15.6. The molecule has 0 unspecified atom stereocenters. The third-order valence-electron chi connectivity index (χ3n) is 3.95. The number of hydrogen-bond acceptors (Lipinski definition) is 4. The molecule has 1 saturated carbocycles. The SMILES string of the molecule is COC(=O)c1ccc(C=C(C#N)C(=O)NC2CCCCC2)cc1. The molecule has 1 aromatic carbocycles. The molecule has 0 heterocycles. The van der Waals surface area contributed by atoms with Crippen molar-refractivity contribution in [1.29, 1.82) is 5.26 Å². The number of carbonyl (C=O) groups excluding carboxylic acids is 2. The predicted molar refractivity (Wildman–Crippen MR) is 86.4 cm³/mol. The van der Waals surface area contributed by atoms with Crippen LogP contribution in [0.5, 0.6) is 0 Å². The van der Waals surface area contributed by atoms with Crippen molar-refractivity contribution in [2.24, 2.45) is 0 Å². The molecule has 0 bridgehead atoms. The number of nitrogens with one attached hydrogen (secondary N) is 1. The van der Waals surface area contributed by atoms with Gasteiger partial charge in [0.05, 0.1) is 12.7 Å². The van der Waals surface area contributed by atoms with Gasteiger partial charge >= 0.3 is 5.97 Å². The zero-order valence-electron chi connectivity index (χ0n) is 13.2. The van der Waals surface area contributed by atoms with Crippen molar-refractivity contribution < 1.29 is 14.3 Å². The lowest BCUT2D eigenvalue weighted by atomic mass is 9.95. The highest BCUT2D eigenvalue weighted by atomic mass is 16.5. The van der Waals surface area contributed by atoms with Gasteiger partial charge in [0.1, 0.15) is 11.6 Å². The van der Waals surface area contributed by atoms with Crippen molar-refractivity contribution in [3.8, 4) is 6.07 Å². The fourth-order valence-corrected chi connectivity index (χ4v) is 2.66. The molecule has 23 heavy (non-hydrogen) atoms. The van der Waals surface area contributed by atoms with Gasteiger partial charge < -0.3 is 10.1 Å². The van der Waals surface area contributed by atoms with Crippen LogP contribution in [-0.4, -0.2) is 25.0 Å². The van der Waals surface area contributed by atoms with E-state index in [2.05, 4.69) is 10.1 Å². The van der Waals surface area contributed by atoms with E-state index in [0.717, 1.165) is 25.7 Å². The number of nitrogens with zero attached hydrogens (tertiary/aromatic N) is 1. The lowest BCUT2D eigenvalue weighted by molar-refractivity contribution is -0.117. The Bertz CT molecular complexity index is 635. The average Bonchev–Trinajstić information content (AvgIpc) is 2.60. The number of hydrogen-bond donors (Lipinski definition) is 1. The number of esters is 1. The third kappa shape index (κ3) is 4.68. The zero-order chi connectivity index (χ0) is 16.7. The quantitative estimate of drug-likeness (QED) is 0.527. The summed E-state index contributed by atoms with van der Waals surface area (Å²) in [6.07, 6.45) is 6.91. The van der Waals surface area contributed by atoms with E-state index in [9.17, 15) is 14.9 Å². The molecule has 0 aliphatic heterocycles. The fourth-order valence-electron chi connectivity index (χ4n) is 2.66. The summed E-state index contributed by atoms with van der Waals surface area (Å²) in [4.78, 5) is 23.6. The molecule has 1 fully saturated rings. The first-order chi connectivity index (χ1) is 11.1. The maximum absolute atomic E-state index is 12.2. The van der Waals surface area contributed by atoms with Gasteiger partial charge in [-0.05, 0) is 36.6 Å². The van der Waals surface area contributed by atoms with Crippen molar-refractivity contribution in [2.75, 3.05) is 7.11 Å². The molecule has 0 radical (unpaired) electrons. The first-order valence-electron chi connectivity index (χ1n) is 7.75. The molecular formula is C18H20N2O3. The Morgan fingerprint density at radius 2 is 1.87 bits per heavy atom. The molecule has 5 heteroatoms. The van der Waals surface area contributed by atoms with E-state index >= 15 is 0 Å². The Morgan fingerprint density at radius 1 is 1.22 bits per heavy atom. The van der Waals surface area contributed by atoms with Gasteiger partial charge in [0, 0.05) is 6.04 Å². The van der Waals surface area contributed by atoms with E-state index in [4.69, 9.17) is 0 Å². The third-order valence-corrected chi connectivity index (χ3v) is 3.95. The number of methoxy groups -OCH3 is 1. The van der Waals surface area contributed by atoms with Crippen molar-refractivity contribution in [1.82, 2.24) is 5.32 Å². The molecule has 0 spiro atoms. The van der Waals surface area contributed by atoms with Gasteiger partial charge in [0.2, 0.25) is 0 Å². The monoisotopic (exact) mass is 312 g/mol. The zero-order valence-corrected chi connectivity index (χ0v) is 13.2. The first kappa shape index (κ1) is 16.8. The van der Waals surface area contributed by atoms with Crippen LogP contribution in [0.1, 0.15) is 48.0 Å². The minimum absolute atomic E-state index is 0.0707. The first-order valence-corrected chi connectivity index (χ1v) is 7.75. The minimum Gasteiger partial charge on any atom is -0.465 e. The summed E-state index contributed by atoms with van der Waals surface area (Å²) >= 11 is 0. The van der Waals surface area contributed by atoms with Gasteiger partial charge in [-0.25, -0.2) is 4.79 Å². The Kier molecular flexibility index (Phi) is 5.93. The molecule has 1 aromatic rings. The molecule has 5 nitrogen and oxygen atoms in total. The van der Waals surface area contributed by atoms with Crippen molar-refractivity contribution >= 4 is 18.0 Å². The summed E-state index contributed by atoms with van der Waals surface area (Å²) in [5, 5.41) is 12.1. The van der Waals surface area contributed by atoms with Gasteiger partial charge in [0.15, 0.2) is 0 Å². The van der Waals surface area contributed by atoms with Gasteiger partial charge in [-0.3, -0.25) is 4.79 Å². The van der Waals surface area contributed by atoms with Crippen LogP contribution in [0.4, 0.5) is 0 Å². The summed E-state index contributed by atoms with van der Waals surface area (Å²) in [6.45, 7) is 0. The van der Waals surface area contributed by atoms with Crippen LogP contribution < -0.4 is 5.32 Å². The van der Waals surface area contributed by atoms with Crippen LogP contribution in [0.15, 0.2) is 29.8 Å². The highest BCUT2D eigenvalue weighted by molar-refractivity contribution is 6.02. The largest absolute Gasteiger partial charge is 0.465 e. The van der Waals surface area contributed by atoms with Crippen LogP contribution >= 0.6 is 0 Å². The lowest BCUT2D eigenvalue weighted by Gasteiger charge is -2.22. The van der Waals surface area contributed by atoms with Gasteiger partial charge in [-0.2, -0.15) is 5.26 Å². The Labute approximate surface area is 135 Å². The minimum atomic E-state index is -0.420. The van der Waals surface area contributed by atoms with Crippen molar-refractivity contribution in [2.45, 2.75) is 38.1 Å². The highest BCUT2D eigenvalue weighted by Crippen LogP contribution is 2.18. The van der Waals surface area contributed by atoms with Crippen LogP contribution in [0.3, 0.4) is 0 Å². The standard InChI is InChI=1S/C18H20N2O3/c1-23-18(22)14-9-7-13(8-10-14)11-15(12-19)17(21)20-16-5-3-2-4-6-16/h7-11,16H,2-6H2,1H3,(H,20,21). The molecule has 2 rings (SSSR count). The number of amides is 1. The van der Waals surface area contributed by atoms with Gasteiger partial charge in [0.25, 0.3) is 5.91 Å². The topological polar surface area (TPSA) is 79.2 Å². The Morgan fingerprint density at radius 3 is 2.43 bits per heavy atom. The summed E-state index contributed by atoms with van der Waals surface area (Å²) in [7, 11) is 1.32. The second-order valence-corrected chi connectivity index (χ2v) is 5.59. The molecule has 0 aromatic heterocycles. The lowest BCUT2D eigenvalue weighted by Crippen LogP contribution is -2.36. The van der Waals surface area contributed by atoms with E-state index < -0.39 is 5.97 Å². The second-order valence-electron chi connectivity index (χ2n) is 5.59. The van der Waals surface area contributed by atoms with Gasteiger partial charge in [-0.15, -0.1) is 0 Å². The summed E-state index contributed by atoms with van der Waals surface area (Å²) in [6, 6.07) is 8.67. The summed E-state index contributed by atoms with van der Waals surface area (Å²) in [5.41, 5.74) is 1.18. The average molecular weight is 312 g/mol. The van der Waals surface area contributed by atoms with E-state index in [0.29, 0.717) is 11.1 Å². The van der Waals surface area contributed by atoms with Crippen LogP contribution in [0.25, 0.3) is 6.08 Å². The van der Waals surface area contributed by atoms with Gasteiger partial charge in [-0.1, -0.05) is 31.4 Å². The second kappa shape index (κ2) is 8.14. The Balaban J connectivity index is 2.06. The molecule has 0 saturated heterocycles. The number of rotatable bonds is 4. The van der Waals surface area contributed by atoms with E-state index in [1.54, 1.807) is 24.3 Å². The number of nitriles is 1. The maximum Gasteiger partial charge on any atom is 0.337 e. The van der Waals surface area contributed by atoms with E-state index in [1.807, 2.05) is 6.07 Å². The molecule has 1 aliphatic carbocycles. The van der Waals surface area contributed by atoms with E-state index in [-0.39, 0.29) is 17.5 Å². The number of ether oxygens (including phenoxy) is 1. The Hall–Kier alpha value is -2.61. The summed E-state index contributed by atoms with van der Waals surface area (Å²) in [5.74, 6) is -0.757. The fraction of sp³-hybridized carbons (Fsp3) is 0.389. The summed E-state index contributed by atoms with van der Waals surface area (Å²) < 4.78 is 4.63. The predicted octanol–water partition coefficient (Wildman–Crippen LogP) is 2.83.